The Morgan fingerprint density at radius 3 is 2.65 bits per heavy atom. The average Bonchev–Trinajstić information content (AvgIpc) is 3.43. The van der Waals surface area contributed by atoms with Crippen LogP contribution in [0.5, 0.6) is 0 Å². The van der Waals surface area contributed by atoms with Gasteiger partial charge in [0.2, 0.25) is 0 Å². The first-order valence-electron chi connectivity index (χ1n) is 9.28. The van der Waals surface area contributed by atoms with Gasteiger partial charge in [-0.25, -0.2) is 18.4 Å². The number of thiazole rings is 1. The predicted molar refractivity (Wildman–Crippen MR) is 112 cm³/mol. The molecular formula is C19H18FN5O4S2. The van der Waals surface area contributed by atoms with Crippen LogP contribution in [0.4, 0.5) is 9.52 Å². The maximum Gasteiger partial charge on any atom is 0.280 e. The Kier molecular flexibility index (Phi) is 5.83. The number of hydrogen-bond acceptors (Lipinski definition) is 8. The molecule has 1 fully saturated rings. The number of imidazole rings is 1. The van der Waals surface area contributed by atoms with Crippen molar-refractivity contribution in [3.05, 3.63) is 59.4 Å². The van der Waals surface area contributed by atoms with Crippen LogP contribution in [0, 0.1) is 5.13 Å². The summed E-state index contributed by atoms with van der Waals surface area (Å²) in [5, 5.41) is 5.58. The van der Waals surface area contributed by atoms with Gasteiger partial charge in [0.25, 0.3) is 5.91 Å². The lowest BCUT2D eigenvalue weighted by atomic mass is 10.1. The van der Waals surface area contributed by atoms with E-state index in [9.17, 15) is 17.6 Å². The third kappa shape index (κ3) is 4.80. The van der Waals surface area contributed by atoms with Crippen molar-refractivity contribution in [2.75, 3.05) is 5.32 Å². The van der Waals surface area contributed by atoms with Crippen LogP contribution in [0.1, 0.15) is 24.2 Å². The van der Waals surface area contributed by atoms with E-state index in [0.717, 1.165) is 6.20 Å². The maximum absolute atomic E-state index is 13.2. The third-order valence-electron chi connectivity index (χ3n) is 4.60. The molecule has 0 aliphatic heterocycles. The lowest BCUT2D eigenvalue weighted by Gasteiger charge is -2.08. The van der Waals surface area contributed by atoms with Crippen molar-refractivity contribution >= 4 is 37.9 Å². The molecule has 1 N–H and O–H groups in total. The van der Waals surface area contributed by atoms with Gasteiger partial charge in [-0.3, -0.25) is 10.1 Å². The lowest BCUT2D eigenvalue weighted by Crippen LogP contribution is -2.24. The van der Waals surface area contributed by atoms with Crippen LogP contribution in [0.25, 0.3) is 0 Å². The summed E-state index contributed by atoms with van der Waals surface area (Å²) >= 11 is 0.670. The molecular weight excluding hydrogens is 445 g/mol. The van der Waals surface area contributed by atoms with E-state index in [2.05, 4.69) is 20.4 Å². The Bertz CT molecular complexity index is 1230. The topological polar surface area (TPSA) is 116 Å². The van der Waals surface area contributed by atoms with E-state index in [1.807, 2.05) is 0 Å². The molecule has 0 atom stereocenters. The highest BCUT2D eigenvalue weighted by atomic mass is 32.2. The molecule has 3 aromatic rings. The molecule has 0 unspecified atom stereocenters. The van der Waals surface area contributed by atoms with Crippen LogP contribution in [-0.2, 0) is 33.1 Å². The van der Waals surface area contributed by atoms with Crippen molar-refractivity contribution in [2.24, 2.45) is 12.2 Å². The number of halogens is 1. The first-order valence-corrected chi connectivity index (χ1v) is 11.6. The molecule has 1 aliphatic carbocycles. The van der Waals surface area contributed by atoms with E-state index in [0.29, 0.717) is 35.6 Å². The quantitative estimate of drug-likeness (QED) is 0.405. The maximum atomic E-state index is 13.2. The Labute approximate surface area is 181 Å². The highest BCUT2D eigenvalue weighted by Crippen LogP contribution is 2.33. The van der Waals surface area contributed by atoms with E-state index in [4.69, 9.17) is 4.84 Å². The Morgan fingerprint density at radius 2 is 2.06 bits per heavy atom. The molecule has 4 rings (SSSR count). The number of oxime groups is 1. The number of anilines is 1. The number of aromatic nitrogens is 3. The molecule has 0 radical (unpaired) electrons. The van der Waals surface area contributed by atoms with Crippen molar-refractivity contribution < 1.29 is 22.4 Å². The highest BCUT2D eigenvalue weighted by Gasteiger charge is 2.36. The number of carbonyl (C=O) groups excluding carboxylic acids is 1. The summed E-state index contributed by atoms with van der Waals surface area (Å²) in [7, 11) is -1.57. The van der Waals surface area contributed by atoms with Gasteiger partial charge < -0.3 is 9.40 Å². The number of nitrogens with zero attached hydrogens (tertiary/aromatic N) is 4. The van der Waals surface area contributed by atoms with E-state index in [-0.39, 0.29) is 27.6 Å². The second kappa shape index (κ2) is 8.55. The number of rotatable bonds is 8. The second-order valence-electron chi connectivity index (χ2n) is 6.86. The number of benzene rings is 1. The molecule has 1 aliphatic rings. The summed E-state index contributed by atoms with van der Waals surface area (Å²) < 4.78 is 39.8. The SMILES string of the molecule is Cn1ccnc1CO/N=C(/C(=O)Nc1ncc(F)s1)c1ccc(S(=O)(=O)C2CC2)cc1. The minimum absolute atomic E-state index is 0.0142. The zero-order valence-corrected chi connectivity index (χ0v) is 18.0. The fourth-order valence-corrected chi connectivity index (χ4v) is 4.95. The molecule has 1 aromatic carbocycles. The Hall–Kier alpha value is -3.12. The minimum Gasteiger partial charge on any atom is -0.387 e. The lowest BCUT2D eigenvalue weighted by molar-refractivity contribution is -0.110. The third-order valence-corrected chi connectivity index (χ3v) is 7.58. The summed E-state index contributed by atoms with van der Waals surface area (Å²) in [5.41, 5.74) is 0.226. The van der Waals surface area contributed by atoms with Crippen LogP contribution in [0.15, 0.2) is 52.9 Å². The first-order chi connectivity index (χ1) is 14.8. The van der Waals surface area contributed by atoms with Gasteiger partial charge in [-0.1, -0.05) is 28.6 Å². The normalized spacial score (nSPS) is 14.5. The number of hydrogen-bond donors (Lipinski definition) is 1. The molecule has 31 heavy (non-hydrogen) atoms. The van der Waals surface area contributed by atoms with Gasteiger partial charge >= 0.3 is 0 Å². The fraction of sp³-hybridized carbons (Fsp3) is 0.263. The molecule has 1 amide bonds. The van der Waals surface area contributed by atoms with Crippen molar-refractivity contribution in [1.82, 2.24) is 14.5 Å². The van der Waals surface area contributed by atoms with Crippen LogP contribution in [0.2, 0.25) is 0 Å². The predicted octanol–water partition coefficient (Wildman–Crippen LogP) is 2.51. The highest BCUT2D eigenvalue weighted by molar-refractivity contribution is 7.92. The molecule has 2 heterocycles. The van der Waals surface area contributed by atoms with Crippen LogP contribution >= 0.6 is 11.3 Å². The Morgan fingerprint density at radius 1 is 1.32 bits per heavy atom. The summed E-state index contributed by atoms with van der Waals surface area (Å²) in [4.78, 5) is 26.1. The van der Waals surface area contributed by atoms with E-state index in [1.165, 1.54) is 24.3 Å². The fourth-order valence-electron chi connectivity index (χ4n) is 2.76. The summed E-state index contributed by atoms with van der Waals surface area (Å²) in [6.45, 7) is 0.0142. The number of amides is 1. The van der Waals surface area contributed by atoms with Crippen LogP contribution < -0.4 is 5.32 Å². The minimum atomic E-state index is -3.36. The van der Waals surface area contributed by atoms with Gasteiger partial charge in [0.15, 0.2) is 32.4 Å². The smallest absolute Gasteiger partial charge is 0.280 e. The molecule has 2 aromatic heterocycles. The van der Waals surface area contributed by atoms with Gasteiger partial charge in [-0.05, 0) is 25.0 Å². The molecule has 0 spiro atoms. The Balaban J connectivity index is 1.58. The zero-order chi connectivity index (χ0) is 22.0. The van der Waals surface area contributed by atoms with Crippen LogP contribution in [0.3, 0.4) is 0 Å². The summed E-state index contributed by atoms with van der Waals surface area (Å²) in [6.07, 6.45) is 5.65. The molecule has 162 valence electrons. The molecule has 0 bridgehead atoms. The van der Waals surface area contributed by atoms with Gasteiger partial charge in [0.05, 0.1) is 16.3 Å². The molecule has 9 nitrogen and oxygen atoms in total. The monoisotopic (exact) mass is 463 g/mol. The largest absolute Gasteiger partial charge is 0.387 e. The molecule has 1 saturated carbocycles. The summed E-state index contributed by atoms with van der Waals surface area (Å²) in [6, 6.07) is 5.85. The number of aryl methyl sites for hydroxylation is 1. The van der Waals surface area contributed by atoms with Gasteiger partial charge in [-0.15, -0.1) is 0 Å². The van der Waals surface area contributed by atoms with Crippen molar-refractivity contribution in [3.8, 4) is 0 Å². The van der Waals surface area contributed by atoms with E-state index in [1.54, 1.807) is 24.0 Å². The first kappa shape index (κ1) is 21.1. The second-order valence-corrected chi connectivity index (χ2v) is 10.1. The van der Waals surface area contributed by atoms with Gasteiger partial charge in [0, 0.05) is 25.0 Å². The van der Waals surface area contributed by atoms with E-state index < -0.39 is 20.9 Å². The number of sulfone groups is 1. The number of nitrogens with one attached hydrogen (secondary N) is 1. The standard InChI is InChI=1S/C19H18FN5O4S2/c1-25-9-8-21-16(25)11-29-24-17(18(26)23-19-22-10-15(20)30-19)12-2-4-13(5-3-12)31(27,28)14-6-7-14/h2-5,8-10,14H,6-7,11H2,1H3,(H,22,23,26)/b24-17+. The van der Waals surface area contributed by atoms with Crippen molar-refractivity contribution in [3.63, 3.8) is 0 Å². The van der Waals surface area contributed by atoms with Crippen LogP contribution in [-0.4, -0.2) is 39.8 Å². The molecule has 12 heteroatoms. The zero-order valence-electron chi connectivity index (χ0n) is 16.4. The summed E-state index contributed by atoms with van der Waals surface area (Å²) in [5.74, 6) is -0.0802. The van der Waals surface area contributed by atoms with Crippen molar-refractivity contribution in [2.45, 2.75) is 29.6 Å². The van der Waals surface area contributed by atoms with Crippen molar-refractivity contribution in [1.29, 1.82) is 0 Å². The number of carbonyl (C=O) groups is 1. The van der Waals surface area contributed by atoms with Gasteiger partial charge in [0.1, 0.15) is 5.82 Å². The molecule has 0 saturated heterocycles. The van der Waals surface area contributed by atoms with Gasteiger partial charge in [-0.2, -0.15) is 4.39 Å². The van der Waals surface area contributed by atoms with E-state index >= 15 is 0 Å². The average molecular weight is 464 g/mol.